The van der Waals surface area contributed by atoms with Gasteiger partial charge >= 0.3 is 6.03 Å². The fourth-order valence-electron chi connectivity index (χ4n) is 2.10. The molecule has 1 aromatic rings. The second kappa shape index (κ2) is 7.17. The van der Waals surface area contributed by atoms with E-state index in [0.29, 0.717) is 30.3 Å². The summed E-state index contributed by atoms with van der Waals surface area (Å²) in [5.41, 5.74) is 0.951. The van der Waals surface area contributed by atoms with Crippen molar-refractivity contribution in [3.63, 3.8) is 0 Å². The number of imide groups is 1. The third kappa shape index (κ3) is 3.33. The van der Waals surface area contributed by atoms with Crippen LogP contribution in [-0.4, -0.2) is 43.5 Å². The number of alkyl halides is 1. The molecule has 0 unspecified atom stereocenters. The largest absolute Gasteiger partial charge is 0.493 e. The summed E-state index contributed by atoms with van der Waals surface area (Å²) in [5.74, 6) is 1.18. The number of carbonyl (C=O) groups excluding carboxylic acids is 2. The highest BCUT2D eigenvalue weighted by atomic mass is 35.5. The standard InChI is InChI=1S/C15H17ClN2O4/c1-21-12-5-4-10(9-13(12)22-2)8-11-14(19)18(7-3-6-16)15(20)17-11/h4-5,8-9H,3,6-7H2,1-2H3,(H,17,20). The Morgan fingerprint density at radius 2 is 1.95 bits per heavy atom. The predicted molar refractivity (Wildman–Crippen MR) is 83.1 cm³/mol. The summed E-state index contributed by atoms with van der Waals surface area (Å²) in [6.45, 7) is 0.303. The average Bonchev–Trinajstić information content (AvgIpc) is 2.79. The first-order valence-electron chi connectivity index (χ1n) is 6.73. The molecule has 0 radical (unpaired) electrons. The normalized spacial score (nSPS) is 16.1. The van der Waals surface area contributed by atoms with Gasteiger partial charge in [-0.2, -0.15) is 0 Å². The first-order valence-corrected chi connectivity index (χ1v) is 7.26. The lowest BCUT2D eigenvalue weighted by atomic mass is 10.1. The minimum absolute atomic E-state index is 0.229. The van der Waals surface area contributed by atoms with Crippen molar-refractivity contribution in [3.8, 4) is 11.5 Å². The number of ether oxygens (including phenoxy) is 2. The molecule has 7 heteroatoms. The van der Waals surface area contributed by atoms with Crippen LogP contribution >= 0.6 is 11.6 Å². The molecule has 22 heavy (non-hydrogen) atoms. The van der Waals surface area contributed by atoms with E-state index in [0.717, 1.165) is 10.5 Å². The van der Waals surface area contributed by atoms with Crippen molar-refractivity contribution in [1.29, 1.82) is 0 Å². The van der Waals surface area contributed by atoms with Crippen molar-refractivity contribution in [1.82, 2.24) is 10.2 Å². The van der Waals surface area contributed by atoms with Crippen LogP contribution in [0.25, 0.3) is 6.08 Å². The number of urea groups is 1. The molecule has 0 atom stereocenters. The maximum Gasteiger partial charge on any atom is 0.329 e. The SMILES string of the molecule is COc1ccc(C=C2NC(=O)N(CCCCl)C2=O)cc1OC. The molecule has 6 nitrogen and oxygen atoms in total. The lowest BCUT2D eigenvalue weighted by Crippen LogP contribution is -2.31. The number of halogens is 1. The van der Waals surface area contributed by atoms with Crippen LogP contribution in [0.3, 0.4) is 0 Å². The predicted octanol–water partition coefficient (Wildman–Crippen LogP) is 2.23. The summed E-state index contributed by atoms with van der Waals surface area (Å²) in [7, 11) is 3.08. The van der Waals surface area contributed by atoms with Crippen LogP contribution in [0.4, 0.5) is 4.79 Å². The molecule has 1 N–H and O–H groups in total. The van der Waals surface area contributed by atoms with Crippen LogP contribution in [0, 0.1) is 0 Å². The lowest BCUT2D eigenvalue weighted by molar-refractivity contribution is -0.122. The van der Waals surface area contributed by atoms with E-state index in [4.69, 9.17) is 21.1 Å². The van der Waals surface area contributed by atoms with Gasteiger partial charge in [0.05, 0.1) is 14.2 Å². The van der Waals surface area contributed by atoms with Gasteiger partial charge in [0.1, 0.15) is 5.70 Å². The summed E-state index contributed by atoms with van der Waals surface area (Å²) in [5, 5.41) is 2.56. The molecular weight excluding hydrogens is 308 g/mol. The van der Waals surface area contributed by atoms with Crippen LogP contribution in [0.1, 0.15) is 12.0 Å². The number of amides is 3. The number of rotatable bonds is 6. The van der Waals surface area contributed by atoms with Crippen molar-refractivity contribution in [3.05, 3.63) is 29.5 Å². The Hall–Kier alpha value is -2.21. The van der Waals surface area contributed by atoms with Gasteiger partial charge in [0, 0.05) is 12.4 Å². The molecule has 0 saturated carbocycles. The van der Waals surface area contributed by atoms with E-state index < -0.39 is 6.03 Å². The van der Waals surface area contributed by atoms with Crippen molar-refractivity contribution in [2.24, 2.45) is 0 Å². The molecule has 1 aromatic carbocycles. The van der Waals surface area contributed by atoms with Gasteiger partial charge in [-0.15, -0.1) is 11.6 Å². The van der Waals surface area contributed by atoms with Crippen molar-refractivity contribution in [2.75, 3.05) is 26.6 Å². The highest BCUT2D eigenvalue weighted by Gasteiger charge is 2.32. The van der Waals surface area contributed by atoms with E-state index in [-0.39, 0.29) is 11.6 Å². The topological polar surface area (TPSA) is 67.9 Å². The van der Waals surface area contributed by atoms with Crippen molar-refractivity contribution < 1.29 is 19.1 Å². The summed E-state index contributed by atoms with van der Waals surface area (Å²) < 4.78 is 10.4. The third-order valence-electron chi connectivity index (χ3n) is 3.20. The maximum atomic E-state index is 12.2. The number of methoxy groups -OCH3 is 2. The Kier molecular flexibility index (Phi) is 5.27. The Morgan fingerprint density at radius 3 is 2.59 bits per heavy atom. The van der Waals surface area contributed by atoms with E-state index in [2.05, 4.69) is 5.32 Å². The van der Waals surface area contributed by atoms with Gasteiger partial charge in [-0.05, 0) is 30.2 Å². The van der Waals surface area contributed by atoms with Crippen molar-refractivity contribution >= 4 is 29.6 Å². The van der Waals surface area contributed by atoms with E-state index in [1.54, 1.807) is 31.4 Å². The third-order valence-corrected chi connectivity index (χ3v) is 3.46. The summed E-state index contributed by atoms with van der Waals surface area (Å²) in [6.07, 6.45) is 2.16. The molecular formula is C15H17ClN2O4. The zero-order valence-corrected chi connectivity index (χ0v) is 13.1. The van der Waals surface area contributed by atoms with Gasteiger partial charge in [0.2, 0.25) is 0 Å². The molecule has 1 fully saturated rings. The number of hydrogen-bond acceptors (Lipinski definition) is 4. The Morgan fingerprint density at radius 1 is 1.23 bits per heavy atom. The van der Waals surface area contributed by atoms with E-state index in [1.165, 1.54) is 7.11 Å². The van der Waals surface area contributed by atoms with Gasteiger partial charge < -0.3 is 14.8 Å². The monoisotopic (exact) mass is 324 g/mol. The zero-order chi connectivity index (χ0) is 16.1. The second-order valence-corrected chi connectivity index (χ2v) is 4.98. The summed E-state index contributed by atoms with van der Waals surface area (Å²) in [4.78, 5) is 25.1. The summed E-state index contributed by atoms with van der Waals surface area (Å²) in [6, 6.07) is 4.81. The minimum Gasteiger partial charge on any atom is -0.493 e. The molecule has 1 saturated heterocycles. The molecule has 2 rings (SSSR count). The molecule has 1 heterocycles. The molecule has 1 aliphatic rings. The Labute approximate surface area is 133 Å². The number of benzene rings is 1. The van der Waals surface area contributed by atoms with Crippen LogP contribution in [0.2, 0.25) is 0 Å². The van der Waals surface area contributed by atoms with Gasteiger partial charge in [0.15, 0.2) is 11.5 Å². The average molecular weight is 325 g/mol. The molecule has 0 aliphatic carbocycles. The number of hydrogen-bond donors (Lipinski definition) is 1. The first kappa shape index (κ1) is 16.2. The van der Waals surface area contributed by atoms with Crippen LogP contribution in [0.15, 0.2) is 23.9 Å². The molecule has 0 bridgehead atoms. The zero-order valence-electron chi connectivity index (χ0n) is 12.4. The number of nitrogens with one attached hydrogen (secondary N) is 1. The smallest absolute Gasteiger partial charge is 0.329 e. The molecule has 0 aromatic heterocycles. The Bertz CT molecular complexity index is 616. The second-order valence-electron chi connectivity index (χ2n) is 4.60. The first-order chi connectivity index (χ1) is 10.6. The molecule has 118 valence electrons. The van der Waals surface area contributed by atoms with Crippen molar-refractivity contribution in [2.45, 2.75) is 6.42 Å². The van der Waals surface area contributed by atoms with Crippen LogP contribution in [0.5, 0.6) is 11.5 Å². The molecule has 0 spiro atoms. The van der Waals surface area contributed by atoms with E-state index in [1.807, 2.05) is 0 Å². The van der Waals surface area contributed by atoms with Gasteiger partial charge in [-0.3, -0.25) is 9.69 Å². The fraction of sp³-hybridized carbons (Fsp3) is 0.333. The van der Waals surface area contributed by atoms with Crippen LogP contribution < -0.4 is 14.8 Å². The fourth-order valence-corrected chi connectivity index (χ4v) is 2.22. The van der Waals surface area contributed by atoms with E-state index in [9.17, 15) is 9.59 Å². The Balaban J connectivity index is 2.23. The number of carbonyl (C=O) groups is 2. The molecule has 1 aliphatic heterocycles. The molecule has 3 amide bonds. The van der Waals surface area contributed by atoms with Gasteiger partial charge in [-0.25, -0.2) is 4.79 Å². The minimum atomic E-state index is -0.429. The summed E-state index contributed by atoms with van der Waals surface area (Å²) >= 11 is 5.59. The quantitative estimate of drug-likeness (QED) is 0.495. The van der Waals surface area contributed by atoms with Gasteiger partial charge in [0.25, 0.3) is 5.91 Å². The maximum absolute atomic E-state index is 12.2. The highest BCUT2D eigenvalue weighted by Crippen LogP contribution is 2.28. The van der Waals surface area contributed by atoms with E-state index >= 15 is 0 Å². The number of nitrogens with zero attached hydrogens (tertiary/aromatic N) is 1. The lowest BCUT2D eigenvalue weighted by Gasteiger charge is -2.09. The highest BCUT2D eigenvalue weighted by molar-refractivity contribution is 6.18. The van der Waals surface area contributed by atoms with Gasteiger partial charge in [-0.1, -0.05) is 6.07 Å². The van der Waals surface area contributed by atoms with Crippen LogP contribution in [-0.2, 0) is 4.79 Å².